The summed E-state index contributed by atoms with van der Waals surface area (Å²) in [6.07, 6.45) is 1.37. The maximum atomic E-state index is 14.2. The molecule has 5 nitrogen and oxygen atoms in total. The molecule has 3 aromatic rings. The van der Waals surface area contributed by atoms with Crippen LogP contribution in [0.5, 0.6) is 5.75 Å². The molecule has 1 aromatic heterocycles. The topological polar surface area (TPSA) is 60.5 Å². The van der Waals surface area contributed by atoms with Gasteiger partial charge in [-0.05, 0) is 31.2 Å². The highest BCUT2D eigenvalue weighted by atomic mass is 79.9. The molecule has 0 aliphatic carbocycles. The Labute approximate surface area is 168 Å². The quantitative estimate of drug-likeness (QED) is 0.531. The van der Waals surface area contributed by atoms with E-state index in [9.17, 15) is 13.6 Å². The van der Waals surface area contributed by atoms with Crippen molar-refractivity contribution in [1.82, 2.24) is 4.98 Å². The number of ether oxygens (including phenoxy) is 2. The van der Waals surface area contributed by atoms with Crippen LogP contribution in [0.4, 0.5) is 14.5 Å². The van der Waals surface area contributed by atoms with Crippen molar-refractivity contribution in [1.29, 1.82) is 0 Å². The highest BCUT2D eigenvalue weighted by Crippen LogP contribution is 2.34. The highest BCUT2D eigenvalue weighted by Gasteiger charge is 2.20. The van der Waals surface area contributed by atoms with Crippen LogP contribution in [0.15, 0.2) is 41.0 Å². The number of hydrogen-bond acceptors (Lipinski definition) is 5. The molecule has 28 heavy (non-hydrogen) atoms. The summed E-state index contributed by atoms with van der Waals surface area (Å²) in [5.41, 5.74) is 0.893. The van der Waals surface area contributed by atoms with Crippen molar-refractivity contribution in [2.24, 2.45) is 0 Å². The zero-order valence-corrected chi connectivity index (χ0v) is 16.8. The number of methoxy groups -OCH3 is 1. The summed E-state index contributed by atoms with van der Waals surface area (Å²) in [6.45, 7) is 1.68. The molecule has 0 fully saturated rings. The second kappa shape index (κ2) is 8.52. The van der Waals surface area contributed by atoms with E-state index in [1.807, 2.05) is 0 Å². The molecule has 1 N–H and O–H groups in total. The second-order valence-corrected chi connectivity index (χ2v) is 6.74. The van der Waals surface area contributed by atoms with Gasteiger partial charge in [-0.3, -0.25) is 4.98 Å². The smallest absolute Gasteiger partial charge is 0.341 e. The van der Waals surface area contributed by atoms with Crippen molar-refractivity contribution in [3.05, 3.63) is 63.8 Å². The van der Waals surface area contributed by atoms with E-state index in [-0.39, 0.29) is 24.3 Å². The lowest BCUT2D eigenvalue weighted by molar-refractivity contribution is 0.0527. The minimum atomic E-state index is -0.706. The number of carbonyl (C=O) groups is 1. The summed E-state index contributed by atoms with van der Waals surface area (Å²) in [5, 5.41) is 3.49. The van der Waals surface area contributed by atoms with Crippen molar-refractivity contribution in [3.63, 3.8) is 0 Å². The molecule has 0 aliphatic heterocycles. The molecule has 0 saturated heterocycles. The van der Waals surface area contributed by atoms with Crippen molar-refractivity contribution in [2.45, 2.75) is 13.5 Å². The predicted octanol–water partition coefficient (Wildman–Crippen LogP) is 5.07. The van der Waals surface area contributed by atoms with E-state index >= 15 is 0 Å². The Balaban J connectivity index is 2.12. The number of benzene rings is 2. The fourth-order valence-electron chi connectivity index (χ4n) is 2.85. The van der Waals surface area contributed by atoms with E-state index in [2.05, 4.69) is 26.2 Å². The average molecular weight is 451 g/mol. The monoisotopic (exact) mass is 450 g/mol. The molecule has 0 bridgehead atoms. The van der Waals surface area contributed by atoms with Gasteiger partial charge in [0.2, 0.25) is 0 Å². The zero-order valence-electron chi connectivity index (χ0n) is 15.2. The molecule has 8 heteroatoms. The van der Waals surface area contributed by atoms with Gasteiger partial charge in [0.05, 0.1) is 30.3 Å². The number of nitrogens with one attached hydrogen (secondary N) is 1. The van der Waals surface area contributed by atoms with Crippen LogP contribution in [0.25, 0.3) is 10.9 Å². The van der Waals surface area contributed by atoms with Crippen LogP contribution in [0.3, 0.4) is 0 Å². The van der Waals surface area contributed by atoms with Gasteiger partial charge in [-0.15, -0.1) is 0 Å². The van der Waals surface area contributed by atoms with Gasteiger partial charge in [0.15, 0.2) is 0 Å². The van der Waals surface area contributed by atoms with Gasteiger partial charge in [0.1, 0.15) is 22.9 Å². The minimum Gasteiger partial charge on any atom is -0.496 e. The Morgan fingerprint density at radius 2 is 1.96 bits per heavy atom. The largest absolute Gasteiger partial charge is 0.496 e. The summed E-state index contributed by atoms with van der Waals surface area (Å²) in [5.74, 6) is -1.54. The summed E-state index contributed by atoms with van der Waals surface area (Å²) in [6, 6.07) is 7.58. The van der Waals surface area contributed by atoms with E-state index in [4.69, 9.17) is 9.47 Å². The first kappa shape index (κ1) is 20.0. The van der Waals surface area contributed by atoms with Gasteiger partial charge in [-0.25, -0.2) is 13.6 Å². The third kappa shape index (κ3) is 3.91. The SMILES string of the molecule is CCOC(=O)c1cnc2cccc(OC)c2c1NCc1c(F)cc(Br)cc1F. The third-order valence-electron chi connectivity index (χ3n) is 4.12. The lowest BCUT2D eigenvalue weighted by Gasteiger charge is -2.16. The first-order valence-electron chi connectivity index (χ1n) is 8.46. The Morgan fingerprint density at radius 3 is 2.61 bits per heavy atom. The van der Waals surface area contributed by atoms with E-state index in [0.717, 1.165) is 0 Å². The Morgan fingerprint density at radius 1 is 1.25 bits per heavy atom. The maximum absolute atomic E-state index is 14.2. The van der Waals surface area contributed by atoms with Crippen molar-refractivity contribution in [3.8, 4) is 5.75 Å². The molecular weight excluding hydrogens is 434 g/mol. The van der Waals surface area contributed by atoms with Crippen LogP contribution < -0.4 is 10.1 Å². The molecule has 0 aliphatic rings. The number of carbonyl (C=O) groups excluding carboxylic acids is 1. The number of hydrogen-bond donors (Lipinski definition) is 1. The van der Waals surface area contributed by atoms with Gasteiger partial charge in [0, 0.05) is 22.8 Å². The van der Waals surface area contributed by atoms with Crippen LogP contribution in [-0.4, -0.2) is 24.7 Å². The fourth-order valence-corrected chi connectivity index (χ4v) is 3.25. The van der Waals surface area contributed by atoms with E-state index in [1.165, 1.54) is 25.4 Å². The number of aromatic nitrogens is 1. The molecular formula is C20H17BrF2N2O3. The van der Waals surface area contributed by atoms with Gasteiger partial charge in [-0.1, -0.05) is 22.0 Å². The van der Waals surface area contributed by atoms with Crippen LogP contribution >= 0.6 is 15.9 Å². The first-order chi connectivity index (χ1) is 13.5. The number of fused-ring (bicyclic) bond motifs is 1. The molecule has 146 valence electrons. The second-order valence-electron chi connectivity index (χ2n) is 5.82. The van der Waals surface area contributed by atoms with Crippen LogP contribution in [0, 0.1) is 11.6 Å². The van der Waals surface area contributed by atoms with Gasteiger partial charge in [-0.2, -0.15) is 0 Å². The number of nitrogens with zero attached hydrogens (tertiary/aromatic N) is 1. The minimum absolute atomic E-state index is 0.150. The molecule has 0 atom stereocenters. The summed E-state index contributed by atoms with van der Waals surface area (Å²) in [7, 11) is 1.49. The van der Waals surface area contributed by atoms with Gasteiger partial charge >= 0.3 is 5.97 Å². The van der Waals surface area contributed by atoms with Crippen molar-refractivity contribution in [2.75, 3.05) is 19.0 Å². The normalized spacial score (nSPS) is 10.8. The zero-order chi connectivity index (χ0) is 20.3. The Bertz CT molecular complexity index is 1020. The number of anilines is 1. The average Bonchev–Trinajstić information content (AvgIpc) is 2.66. The number of pyridine rings is 1. The lowest BCUT2D eigenvalue weighted by Crippen LogP contribution is -2.12. The fraction of sp³-hybridized carbons (Fsp3) is 0.200. The molecule has 2 aromatic carbocycles. The molecule has 0 amide bonds. The van der Waals surface area contributed by atoms with E-state index < -0.39 is 17.6 Å². The van der Waals surface area contributed by atoms with E-state index in [1.54, 1.807) is 25.1 Å². The van der Waals surface area contributed by atoms with Crippen LogP contribution in [0.2, 0.25) is 0 Å². The van der Waals surface area contributed by atoms with E-state index in [0.29, 0.717) is 26.8 Å². The number of rotatable bonds is 6. The molecule has 1 heterocycles. The van der Waals surface area contributed by atoms with Crippen molar-refractivity contribution >= 4 is 38.5 Å². The van der Waals surface area contributed by atoms with Gasteiger partial charge in [0.25, 0.3) is 0 Å². The van der Waals surface area contributed by atoms with Crippen molar-refractivity contribution < 1.29 is 23.0 Å². The molecule has 0 radical (unpaired) electrons. The number of halogens is 3. The maximum Gasteiger partial charge on any atom is 0.341 e. The highest BCUT2D eigenvalue weighted by molar-refractivity contribution is 9.10. The molecule has 0 unspecified atom stereocenters. The first-order valence-corrected chi connectivity index (χ1v) is 9.25. The standard InChI is InChI=1S/C20H17BrF2N2O3/c1-3-28-20(26)13-10-24-16-5-4-6-17(27-2)18(16)19(13)25-9-12-14(22)7-11(21)8-15(12)23/h4-8,10H,3,9H2,1-2H3,(H,24,25). The van der Waals surface area contributed by atoms with Gasteiger partial charge < -0.3 is 14.8 Å². The van der Waals surface area contributed by atoms with Crippen LogP contribution in [-0.2, 0) is 11.3 Å². The predicted molar refractivity (Wildman–Crippen MR) is 106 cm³/mol. The molecule has 0 saturated carbocycles. The molecule has 3 rings (SSSR count). The van der Waals surface area contributed by atoms with Crippen LogP contribution in [0.1, 0.15) is 22.8 Å². The summed E-state index contributed by atoms with van der Waals surface area (Å²) in [4.78, 5) is 16.7. The lowest BCUT2D eigenvalue weighted by atomic mass is 10.1. The Hall–Kier alpha value is -2.74. The third-order valence-corrected chi connectivity index (χ3v) is 4.58. The summed E-state index contributed by atoms with van der Waals surface area (Å²) < 4.78 is 39.2. The number of esters is 1. The molecule has 0 spiro atoms. The summed E-state index contributed by atoms with van der Waals surface area (Å²) >= 11 is 3.06. The Kier molecular flexibility index (Phi) is 6.08.